The fourth-order valence-electron chi connectivity index (χ4n) is 2.99. The molecule has 2 N–H and O–H groups in total. The van der Waals surface area contributed by atoms with Crippen LogP contribution in [0.4, 0.5) is 0 Å². The van der Waals surface area contributed by atoms with Gasteiger partial charge in [-0.3, -0.25) is 4.79 Å². The van der Waals surface area contributed by atoms with Gasteiger partial charge in [0.15, 0.2) is 5.16 Å². The summed E-state index contributed by atoms with van der Waals surface area (Å²) in [6, 6.07) is 16.3. The number of hydrazone groups is 1. The van der Waals surface area contributed by atoms with Crippen molar-refractivity contribution in [1.82, 2.24) is 15.4 Å². The molecule has 6 heteroatoms. The first-order chi connectivity index (χ1) is 14.5. The normalized spacial score (nSPS) is 13.3. The van der Waals surface area contributed by atoms with E-state index in [4.69, 9.17) is 0 Å². The van der Waals surface area contributed by atoms with Gasteiger partial charge in [0.05, 0.1) is 22.5 Å². The Bertz CT molecular complexity index is 1020. The predicted molar refractivity (Wildman–Crippen MR) is 127 cm³/mol. The molecule has 0 bridgehead atoms. The van der Waals surface area contributed by atoms with E-state index in [2.05, 4.69) is 58.6 Å². The van der Waals surface area contributed by atoms with E-state index in [0.717, 1.165) is 27.3 Å². The molecule has 0 spiro atoms. The molecule has 5 nitrogen and oxygen atoms in total. The number of nitrogens with zero attached hydrogens (tertiary/aromatic N) is 2. The van der Waals surface area contributed by atoms with E-state index >= 15 is 0 Å². The number of hydrogen-bond donors (Lipinski definition) is 2. The molecule has 1 unspecified atom stereocenters. The van der Waals surface area contributed by atoms with Gasteiger partial charge in [-0.05, 0) is 48.1 Å². The van der Waals surface area contributed by atoms with Crippen LogP contribution in [0.25, 0.3) is 17.1 Å². The Morgan fingerprint density at radius 3 is 2.60 bits per heavy atom. The Morgan fingerprint density at radius 1 is 1.20 bits per heavy atom. The Balaban J connectivity index is 1.57. The first-order valence-corrected chi connectivity index (χ1v) is 11.1. The van der Waals surface area contributed by atoms with Gasteiger partial charge in [0.1, 0.15) is 0 Å². The number of aromatic amines is 1. The number of allylic oxidation sites excluding steroid dienone is 1. The number of amides is 1. The zero-order chi connectivity index (χ0) is 21.5. The lowest BCUT2D eigenvalue weighted by atomic mass is 10.0. The average molecular weight is 421 g/mol. The van der Waals surface area contributed by atoms with E-state index in [-0.39, 0.29) is 11.2 Å². The third-order valence-corrected chi connectivity index (χ3v) is 5.97. The third kappa shape index (κ3) is 5.83. The lowest BCUT2D eigenvalue weighted by Crippen LogP contribution is -2.28. The summed E-state index contributed by atoms with van der Waals surface area (Å²) in [5.74, 6) is 0.387. The van der Waals surface area contributed by atoms with E-state index in [1.807, 2.05) is 44.2 Å². The Labute approximate surface area is 182 Å². The van der Waals surface area contributed by atoms with Crippen molar-refractivity contribution >= 4 is 41.0 Å². The summed E-state index contributed by atoms with van der Waals surface area (Å²) < 4.78 is 0. The van der Waals surface area contributed by atoms with E-state index in [0.29, 0.717) is 12.3 Å². The minimum Gasteiger partial charge on any atom is -0.333 e. The first-order valence-electron chi connectivity index (χ1n) is 10.2. The highest BCUT2D eigenvalue weighted by atomic mass is 32.2. The van der Waals surface area contributed by atoms with Crippen LogP contribution in [-0.2, 0) is 4.79 Å². The van der Waals surface area contributed by atoms with Crippen molar-refractivity contribution in [2.45, 2.75) is 50.4 Å². The number of carbonyl (C=O) groups excluding carboxylic acids is 1. The second-order valence-electron chi connectivity index (χ2n) is 7.52. The molecule has 1 heterocycles. The van der Waals surface area contributed by atoms with Gasteiger partial charge in [0.25, 0.3) is 5.91 Å². The highest BCUT2D eigenvalue weighted by Gasteiger charge is 2.19. The largest absolute Gasteiger partial charge is 0.333 e. The number of hydrogen-bond acceptors (Lipinski definition) is 4. The summed E-state index contributed by atoms with van der Waals surface area (Å²) in [5, 5.41) is 4.60. The number of fused-ring (bicyclic) bond motifs is 1. The van der Waals surface area contributed by atoms with Crippen LogP contribution in [0.5, 0.6) is 0 Å². The Morgan fingerprint density at radius 2 is 1.93 bits per heavy atom. The number of nitrogens with one attached hydrogen (secondary N) is 2. The van der Waals surface area contributed by atoms with Crippen molar-refractivity contribution in [3.63, 3.8) is 0 Å². The van der Waals surface area contributed by atoms with Crippen molar-refractivity contribution in [3.8, 4) is 0 Å². The molecule has 30 heavy (non-hydrogen) atoms. The molecule has 2 aromatic carbocycles. The van der Waals surface area contributed by atoms with E-state index in [9.17, 15) is 4.79 Å². The van der Waals surface area contributed by atoms with E-state index in [1.54, 1.807) is 6.21 Å². The SMILES string of the molecule is CCC(Sc1nc2ccccc2[nH]1)C(=O)N/N=C/C(C)=C\c1ccc(C(C)C)cc1. The van der Waals surface area contributed by atoms with Crippen LogP contribution in [0.2, 0.25) is 0 Å². The highest BCUT2D eigenvalue weighted by molar-refractivity contribution is 8.00. The maximum Gasteiger partial charge on any atom is 0.253 e. The molecular formula is C24H28N4OS. The summed E-state index contributed by atoms with van der Waals surface area (Å²) >= 11 is 1.42. The van der Waals surface area contributed by atoms with Gasteiger partial charge in [0, 0.05) is 0 Å². The molecule has 3 rings (SSSR count). The van der Waals surface area contributed by atoms with Gasteiger partial charge in [-0.25, -0.2) is 10.4 Å². The molecule has 0 fully saturated rings. The van der Waals surface area contributed by atoms with Crippen LogP contribution in [0.3, 0.4) is 0 Å². The molecule has 0 aliphatic heterocycles. The molecule has 156 valence electrons. The molecule has 1 aromatic heterocycles. The summed E-state index contributed by atoms with van der Waals surface area (Å²) in [6.07, 6.45) is 4.40. The van der Waals surface area contributed by atoms with Gasteiger partial charge in [0.2, 0.25) is 0 Å². The summed E-state index contributed by atoms with van der Waals surface area (Å²) in [4.78, 5) is 20.3. The van der Waals surface area contributed by atoms with Crippen LogP contribution >= 0.6 is 11.8 Å². The Kier molecular flexibility index (Phi) is 7.46. The number of H-pyrrole nitrogens is 1. The molecule has 1 atom stereocenters. The van der Waals surface area contributed by atoms with Crippen molar-refractivity contribution in [1.29, 1.82) is 0 Å². The topological polar surface area (TPSA) is 70.1 Å². The lowest BCUT2D eigenvalue weighted by Gasteiger charge is -2.10. The zero-order valence-electron chi connectivity index (χ0n) is 17.8. The second-order valence-corrected chi connectivity index (χ2v) is 8.71. The molecule has 0 radical (unpaired) electrons. The van der Waals surface area contributed by atoms with Crippen molar-refractivity contribution in [3.05, 3.63) is 65.2 Å². The average Bonchev–Trinajstić information content (AvgIpc) is 3.14. The van der Waals surface area contributed by atoms with Crippen LogP contribution in [0.1, 0.15) is 51.2 Å². The molecule has 0 saturated heterocycles. The molecule has 0 aliphatic carbocycles. The van der Waals surface area contributed by atoms with Gasteiger partial charge in [-0.2, -0.15) is 5.10 Å². The minimum absolute atomic E-state index is 0.131. The highest BCUT2D eigenvalue weighted by Crippen LogP contribution is 2.25. The first kappa shape index (κ1) is 21.8. The maximum absolute atomic E-state index is 12.5. The van der Waals surface area contributed by atoms with Crippen LogP contribution in [0, 0.1) is 0 Å². The molecular weight excluding hydrogens is 392 g/mol. The number of thioether (sulfide) groups is 1. The van der Waals surface area contributed by atoms with Crippen LogP contribution in [0.15, 0.2) is 64.4 Å². The van der Waals surface area contributed by atoms with Crippen molar-refractivity contribution in [2.75, 3.05) is 0 Å². The number of imidazole rings is 1. The van der Waals surface area contributed by atoms with Crippen molar-refractivity contribution in [2.24, 2.45) is 5.10 Å². The maximum atomic E-state index is 12.5. The fraction of sp³-hybridized carbons (Fsp3) is 0.292. The number of benzene rings is 2. The van der Waals surface area contributed by atoms with Gasteiger partial charge in [-0.15, -0.1) is 0 Å². The van der Waals surface area contributed by atoms with Gasteiger partial charge in [-0.1, -0.05) is 75.0 Å². The number of carbonyl (C=O) groups is 1. The smallest absolute Gasteiger partial charge is 0.253 e. The summed E-state index contributed by atoms with van der Waals surface area (Å²) in [5.41, 5.74) is 7.92. The van der Waals surface area contributed by atoms with E-state index in [1.165, 1.54) is 17.3 Å². The summed E-state index contributed by atoms with van der Waals surface area (Å²) in [7, 11) is 0. The van der Waals surface area contributed by atoms with Gasteiger partial charge < -0.3 is 4.98 Å². The zero-order valence-corrected chi connectivity index (χ0v) is 18.7. The van der Waals surface area contributed by atoms with Gasteiger partial charge >= 0.3 is 0 Å². The predicted octanol–water partition coefficient (Wildman–Crippen LogP) is 5.76. The molecule has 0 aliphatic rings. The fourth-order valence-corrected chi connectivity index (χ4v) is 3.91. The summed E-state index contributed by atoms with van der Waals surface area (Å²) in [6.45, 7) is 8.31. The molecule has 1 amide bonds. The Hall–Kier alpha value is -2.86. The monoisotopic (exact) mass is 420 g/mol. The van der Waals surface area contributed by atoms with Crippen LogP contribution < -0.4 is 5.43 Å². The standard InChI is InChI=1S/C24H28N4OS/c1-5-22(30-24-26-20-8-6-7-9-21(20)27-24)23(29)28-25-15-17(4)14-18-10-12-19(13-11-18)16(2)3/h6-16,22H,5H2,1-4H3,(H,26,27)(H,28,29)/b17-14-,25-15+. The molecule has 3 aromatic rings. The van der Waals surface area contributed by atoms with Crippen LogP contribution in [-0.4, -0.2) is 27.3 Å². The lowest BCUT2D eigenvalue weighted by molar-refractivity contribution is -0.120. The second kappa shape index (κ2) is 10.3. The third-order valence-electron chi connectivity index (χ3n) is 4.73. The quantitative estimate of drug-likeness (QED) is 0.276. The number of rotatable bonds is 8. The van der Waals surface area contributed by atoms with Crippen molar-refractivity contribution < 1.29 is 4.79 Å². The molecule has 0 saturated carbocycles. The van der Waals surface area contributed by atoms with E-state index < -0.39 is 0 Å². The minimum atomic E-state index is -0.268. The number of aromatic nitrogens is 2. The number of para-hydroxylation sites is 2.